The fourth-order valence-corrected chi connectivity index (χ4v) is 2.47. The van der Waals surface area contributed by atoms with Crippen LogP contribution in [0.2, 0.25) is 0 Å². The van der Waals surface area contributed by atoms with E-state index in [0.29, 0.717) is 11.5 Å². The van der Waals surface area contributed by atoms with Crippen LogP contribution in [0.15, 0.2) is 12.1 Å². The van der Waals surface area contributed by atoms with Crippen molar-refractivity contribution in [3.8, 4) is 11.5 Å². The molecule has 0 unspecified atom stereocenters. The van der Waals surface area contributed by atoms with Gasteiger partial charge in [0.2, 0.25) is 0 Å². The molecule has 1 aromatic heterocycles. The van der Waals surface area contributed by atoms with Gasteiger partial charge in [-0.25, -0.2) is 9.97 Å². The number of anilines is 1. The molecule has 2 rings (SSSR count). The predicted octanol–water partition coefficient (Wildman–Crippen LogP) is 3.95. The van der Waals surface area contributed by atoms with Crippen LogP contribution < -0.4 is 14.8 Å². The fraction of sp³-hybridized carbons (Fsp3) is 0.529. The average Bonchev–Trinajstić information content (AvgIpc) is 2.53. The molecule has 120 valence electrons. The van der Waals surface area contributed by atoms with Crippen LogP contribution in [0, 0.1) is 6.92 Å². The first-order valence-electron chi connectivity index (χ1n) is 7.83. The molecular weight excluding hydrogens is 278 g/mol. The second-order valence-corrected chi connectivity index (χ2v) is 5.33. The second-order valence-electron chi connectivity index (χ2n) is 5.33. The molecule has 22 heavy (non-hydrogen) atoms. The smallest absolute Gasteiger partial charge is 0.162 e. The van der Waals surface area contributed by atoms with Crippen LogP contribution in [0.1, 0.15) is 38.4 Å². The van der Waals surface area contributed by atoms with Gasteiger partial charge in [0.05, 0.1) is 19.7 Å². The van der Waals surface area contributed by atoms with Crippen LogP contribution in [0.5, 0.6) is 11.5 Å². The maximum Gasteiger partial charge on any atom is 0.162 e. The Bertz CT molecular complexity index is 629. The number of unbranched alkanes of at least 4 members (excludes halogenated alkanes) is 3. The summed E-state index contributed by atoms with van der Waals surface area (Å²) < 4.78 is 10.7. The molecule has 0 saturated heterocycles. The Balaban J connectivity index is 2.28. The van der Waals surface area contributed by atoms with Gasteiger partial charge in [0, 0.05) is 18.0 Å². The Hall–Kier alpha value is -2.04. The van der Waals surface area contributed by atoms with Crippen molar-refractivity contribution in [2.75, 3.05) is 26.1 Å². The zero-order valence-electron chi connectivity index (χ0n) is 13.9. The van der Waals surface area contributed by atoms with Gasteiger partial charge in [-0.2, -0.15) is 0 Å². The topological polar surface area (TPSA) is 56.3 Å². The van der Waals surface area contributed by atoms with Crippen LogP contribution in [0.25, 0.3) is 10.9 Å². The van der Waals surface area contributed by atoms with E-state index in [1.807, 2.05) is 19.1 Å². The highest BCUT2D eigenvalue weighted by Gasteiger charge is 2.11. The van der Waals surface area contributed by atoms with E-state index in [1.165, 1.54) is 19.3 Å². The van der Waals surface area contributed by atoms with Crippen LogP contribution in [0.4, 0.5) is 5.82 Å². The number of aryl methyl sites for hydroxylation is 1. The summed E-state index contributed by atoms with van der Waals surface area (Å²) in [6, 6.07) is 3.83. The lowest BCUT2D eigenvalue weighted by atomic mass is 10.2. The van der Waals surface area contributed by atoms with E-state index in [-0.39, 0.29) is 0 Å². The Morgan fingerprint density at radius 3 is 2.41 bits per heavy atom. The summed E-state index contributed by atoms with van der Waals surface area (Å²) in [5.41, 5.74) is 0.862. The van der Waals surface area contributed by atoms with Gasteiger partial charge in [-0.3, -0.25) is 0 Å². The number of rotatable bonds is 8. The highest BCUT2D eigenvalue weighted by Crippen LogP contribution is 2.33. The second kappa shape index (κ2) is 7.82. The number of hydrogen-bond acceptors (Lipinski definition) is 5. The molecule has 0 aliphatic heterocycles. The molecule has 0 atom stereocenters. The molecule has 1 heterocycles. The predicted molar refractivity (Wildman–Crippen MR) is 90.0 cm³/mol. The monoisotopic (exact) mass is 303 g/mol. The van der Waals surface area contributed by atoms with E-state index in [9.17, 15) is 0 Å². The molecule has 0 aliphatic rings. The quantitative estimate of drug-likeness (QED) is 0.748. The highest BCUT2D eigenvalue weighted by molar-refractivity contribution is 5.91. The zero-order chi connectivity index (χ0) is 15.9. The van der Waals surface area contributed by atoms with Crippen molar-refractivity contribution in [1.29, 1.82) is 0 Å². The van der Waals surface area contributed by atoms with E-state index in [0.717, 1.165) is 35.5 Å². The number of fused-ring (bicyclic) bond motifs is 1. The SMILES string of the molecule is CCCCCCNc1nc(C)nc2cc(OC)c(OC)cc12. The van der Waals surface area contributed by atoms with Gasteiger partial charge in [-0.1, -0.05) is 26.2 Å². The Kier molecular flexibility index (Phi) is 5.81. The fourth-order valence-electron chi connectivity index (χ4n) is 2.47. The highest BCUT2D eigenvalue weighted by atomic mass is 16.5. The largest absolute Gasteiger partial charge is 0.493 e. The number of hydrogen-bond donors (Lipinski definition) is 1. The Morgan fingerprint density at radius 2 is 1.73 bits per heavy atom. The van der Waals surface area contributed by atoms with Crippen LogP contribution in [-0.4, -0.2) is 30.7 Å². The lowest BCUT2D eigenvalue weighted by molar-refractivity contribution is 0.356. The van der Waals surface area contributed by atoms with Crippen molar-refractivity contribution in [3.63, 3.8) is 0 Å². The first-order valence-corrected chi connectivity index (χ1v) is 7.83. The van der Waals surface area contributed by atoms with Gasteiger partial charge < -0.3 is 14.8 Å². The maximum atomic E-state index is 5.38. The van der Waals surface area contributed by atoms with Crippen LogP contribution >= 0.6 is 0 Å². The molecular formula is C17H25N3O2. The minimum absolute atomic E-state index is 0.682. The lowest BCUT2D eigenvalue weighted by Crippen LogP contribution is -2.06. The molecule has 5 heteroatoms. The van der Waals surface area contributed by atoms with E-state index in [1.54, 1.807) is 14.2 Å². The Labute approximate surface area is 132 Å². The summed E-state index contributed by atoms with van der Waals surface area (Å²) in [5.74, 6) is 2.98. The molecule has 2 aromatic rings. The molecule has 0 bridgehead atoms. The summed E-state index contributed by atoms with van der Waals surface area (Å²) in [7, 11) is 3.27. The number of nitrogens with zero attached hydrogens (tertiary/aromatic N) is 2. The molecule has 5 nitrogen and oxygen atoms in total. The molecule has 0 spiro atoms. The summed E-state index contributed by atoms with van der Waals surface area (Å²) in [6.45, 7) is 5.03. The third kappa shape index (κ3) is 3.78. The summed E-state index contributed by atoms with van der Waals surface area (Å²) >= 11 is 0. The Morgan fingerprint density at radius 1 is 1.00 bits per heavy atom. The van der Waals surface area contributed by atoms with Crippen molar-refractivity contribution in [2.24, 2.45) is 0 Å². The third-order valence-corrected chi connectivity index (χ3v) is 3.64. The van der Waals surface area contributed by atoms with Crippen molar-refractivity contribution < 1.29 is 9.47 Å². The summed E-state index contributed by atoms with van der Waals surface area (Å²) in [6.07, 6.45) is 4.90. The average molecular weight is 303 g/mol. The van der Waals surface area contributed by atoms with E-state index in [4.69, 9.17) is 9.47 Å². The standard InChI is InChI=1S/C17H25N3O2/c1-5-6-7-8-9-18-17-13-10-15(21-3)16(22-4)11-14(13)19-12(2)20-17/h10-11H,5-9H2,1-4H3,(H,18,19,20). The number of nitrogens with one attached hydrogen (secondary N) is 1. The number of aromatic nitrogens is 2. The first-order chi connectivity index (χ1) is 10.7. The van der Waals surface area contributed by atoms with Gasteiger partial charge >= 0.3 is 0 Å². The number of benzene rings is 1. The summed E-state index contributed by atoms with van der Waals surface area (Å²) in [4.78, 5) is 9.02. The zero-order valence-corrected chi connectivity index (χ0v) is 13.9. The van der Waals surface area contributed by atoms with E-state index in [2.05, 4.69) is 22.2 Å². The van der Waals surface area contributed by atoms with Gasteiger partial charge in [0.25, 0.3) is 0 Å². The molecule has 0 radical (unpaired) electrons. The molecule has 1 N–H and O–H groups in total. The van der Waals surface area contributed by atoms with Crippen LogP contribution in [-0.2, 0) is 0 Å². The van der Waals surface area contributed by atoms with Gasteiger partial charge in [0.1, 0.15) is 11.6 Å². The van der Waals surface area contributed by atoms with E-state index >= 15 is 0 Å². The molecule has 0 saturated carbocycles. The van der Waals surface area contributed by atoms with Crippen molar-refractivity contribution in [3.05, 3.63) is 18.0 Å². The lowest BCUT2D eigenvalue weighted by Gasteiger charge is -2.13. The minimum atomic E-state index is 0.682. The third-order valence-electron chi connectivity index (χ3n) is 3.64. The molecule has 1 aromatic carbocycles. The molecule has 0 fully saturated rings. The first kappa shape index (κ1) is 16.3. The molecule has 0 aliphatic carbocycles. The normalized spacial score (nSPS) is 10.7. The maximum absolute atomic E-state index is 5.38. The van der Waals surface area contributed by atoms with Crippen LogP contribution in [0.3, 0.4) is 0 Å². The van der Waals surface area contributed by atoms with Crippen molar-refractivity contribution >= 4 is 16.7 Å². The number of ether oxygens (including phenoxy) is 2. The minimum Gasteiger partial charge on any atom is -0.493 e. The van der Waals surface area contributed by atoms with Gasteiger partial charge in [-0.15, -0.1) is 0 Å². The summed E-state index contributed by atoms with van der Waals surface area (Å²) in [5, 5.41) is 4.39. The van der Waals surface area contributed by atoms with Gasteiger partial charge in [0.15, 0.2) is 11.5 Å². The van der Waals surface area contributed by atoms with E-state index < -0.39 is 0 Å². The number of methoxy groups -OCH3 is 2. The van der Waals surface area contributed by atoms with Crippen molar-refractivity contribution in [1.82, 2.24) is 9.97 Å². The molecule has 0 amide bonds. The van der Waals surface area contributed by atoms with Gasteiger partial charge in [-0.05, 0) is 19.4 Å². The van der Waals surface area contributed by atoms with Crippen molar-refractivity contribution in [2.45, 2.75) is 39.5 Å².